The Morgan fingerprint density at radius 1 is 0.824 bits per heavy atom. The van der Waals surface area contributed by atoms with E-state index in [1.165, 1.54) is 34.1 Å². The van der Waals surface area contributed by atoms with Gasteiger partial charge in [0.15, 0.2) is 5.82 Å². The largest absolute Gasteiger partial charge is 0.368 e. The molecule has 1 aliphatic heterocycles. The number of amides is 1. The molecule has 0 unspecified atom stereocenters. The van der Waals surface area contributed by atoms with Crippen LogP contribution < -0.4 is 15.1 Å². The van der Waals surface area contributed by atoms with Crippen molar-refractivity contribution >= 4 is 34.9 Å². The highest BCUT2D eigenvalue weighted by Gasteiger charge is 2.20. The molecule has 0 saturated carbocycles. The number of anilines is 3. The molecule has 1 N–H and O–H groups in total. The molecule has 3 aromatic rings. The van der Waals surface area contributed by atoms with Gasteiger partial charge in [0, 0.05) is 37.6 Å². The topological polar surface area (TPSA) is 61.4 Å². The van der Waals surface area contributed by atoms with Gasteiger partial charge in [0.05, 0.1) is 5.75 Å². The van der Waals surface area contributed by atoms with Crippen molar-refractivity contribution in [3.63, 3.8) is 0 Å². The first-order chi connectivity index (χ1) is 16.3. The number of hydrogen-bond acceptors (Lipinski definition) is 6. The van der Waals surface area contributed by atoms with E-state index in [0.29, 0.717) is 5.75 Å². The Kier molecular flexibility index (Phi) is 7.41. The predicted molar refractivity (Wildman–Crippen MR) is 142 cm³/mol. The fourth-order valence-corrected chi connectivity index (χ4v) is 5.10. The van der Waals surface area contributed by atoms with Crippen LogP contribution in [0, 0.1) is 34.6 Å². The lowest BCUT2D eigenvalue weighted by molar-refractivity contribution is -0.113. The number of carbonyl (C=O) groups excluding carboxylic acids is 1. The lowest BCUT2D eigenvalue weighted by Crippen LogP contribution is -2.47. The second-order valence-corrected chi connectivity index (χ2v) is 10.1. The molecule has 1 aliphatic rings. The maximum atomic E-state index is 12.5. The van der Waals surface area contributed by atoms with Gasteiger partial charge in [-0.15, -0.1) is 10.2 Å². The number of thioether (sulfide) groups is 1. The zero-order valence-electron chi connectivity index (χ0n) is 20.7. The average Bonchev–Trinajstić information content (AvgIpc) is 2.82. The van der Waals surface area contributed by atoms with Crippen molar-refractivity contribution in [3.05, 3.63) is 70.3 Å². The summed E-state index contributed by atoms with van der Waals surface area (Å²) in [5, 5.41) is 12.6. The van der Waals surface area contributed by atoms with Crippen LogP contribution in [0.15, 0.2) is 47.5 Å². The molecule has 7 heteroatoms. The van der Waals surface area contributed by atoms with E-state index in [4.69, 9.17) is 0 Å². The monoisotopic (exact) mass is 475 g/mol. The quantitative estimate of drug-likeness (QED) is 0.502. The average molecular weight is 476 g/mol. The van der Waals surface area contributed by atoms with Crippen LogP contribution >= 0.6 is 11.8 Å². The number of carbonyl (C=O) groups is 1. The van der Waals surface area contributed by atoms with Crippen LogP contribution in [-0.4, -0.2) is 48.0 Å². The summed E-state index contributed by atoms with van der Waals surface area (Å²) in [7, 11) is 0. The third-order valence-corrected chi connectivity index (χ3v) is 7.15. The van der Waals surface area contributed by atoms with Gasteiger partial charge in [0.25, 0.3) is 0 Å². The third kappa shape index (κ3) is 5.70. The molecule has 2 heterocycles. The van der Waals surface area contributed by atoms with Crippen molar-refractivity contribution in [3.8, 4) is 0 Å². The molecule has 1 aromatic heterocycles. The fraction of sp³-hybridized carbons (Fsp3) is 0.370. The zero-order chi connectivity index (χ0) is 24.2. The van der Waals surface area contributed by atoms with Crippen LogP contribution in [-0.2, 0) is 4.79 Å². The highest BCUT2D eigenvalue weighted by Crippen LogP contribution is 2.25. The van der Waals surface area contributed by atoms with Gasteiger partial charge < -0.3 is 15.1 Å². The molecule has 0 radical (unpaired) electrons. The van der Waals surface area contributed by atoms with Crippen LogP contribution in [0.25, 0.3) is 0 Å². The Labute approximate surface area is 206 Å². The van der Waals surface area contributed by atoms with Gasteiger partial charge in [-0.05, 0) is 75.1 Å². The second kappa shape index (κ2) is 10.5. The Balaban J connectivity index is 1.29. The summed E-state index contributed by atoms with van der Waals surface area (Å²) >= 11 is 1.41. The maximum absolute atomic E-state index is 12.5. The Morgan fingerprint density at radius 3 is 2.15 bits per heavy atom. The summed E-state index contributed by atoms with van der Waals surface area (Å²) in [4.78, 5) is 17.2. The number of aryl methyl sites for hydroxylation is 5. The lowest BCUT2D eigenvalue weighted by Gasteiger charge is -2.37. The molecule has 4 rings (SSSR count). The lowest BCUT2D eigenvalue weighted by atomic mass is 10.1. The van der Waals surface area contributed by atoms with E-state index in [1.807, 2.05) is 26.0 Å². The summed E-state index contributed by atoms with van der Waals surface area (Å²) in [6.45, 7) is 14.2. The van der Waals surface area contributed by atoms with Crippen LogP contribution in [0.4, 0.5) is 17.2 Å². The molecule has 1 amide bonds. The molecule has 1 saturated heterocycles. The number of benzene rings is 2. The Hall–Kier alpha value is -3.06. The van der Waals surface area contributed by atoms with E-state index in [2.05, 4.69) is 76.4 Å². The summed E-state index contributed by atoms with van der Waals surface area (Å²) in [5.74, 6) is 1.16. The summed E-state index contributed by atoms with van der Waals surface area (Å²) < 4.78 is 0. The third-order valence-electron chi connectivity index (χ3n) is 6.23. The smallest absolute Gasteiger partial charge is 0.234 e. The Bertz CT molecular complexity index is 1150. The number of rotatable bonds is 6. The molecule has 1 fully saturated rings. The highest BCUT2D eigenvalue weighted by molar-refractivity contribution is 7.99. The SMILES string of the molecule is Cc1cc(C)c(NC(=O)CSc2ccc(N3CCN(c4cc(C)ccc4C)CC3)nn2)c(C)c1. The first kappa shape index (κ1) is 24.1. The van der Waals surface area contributed by atoms with Gasteiger partial charge in [0.1, 0.15) is 5.03 Å². The molecule has 2 aromatic carbocycles. The van der Waals surface area contributed by atoms with Crippen molar-refractivity contribution in [2.75, 3.05) is 47.0 Å². The molecule has 6 nitrogen and oxygen atoms in total. The fourth-order valence-electron chi connectivity index (χ4n) is 4.49. The van der Waals surface area contributed by atoms with Crippen LogP contribution in [0.5, 0.6) is 0 Å². The molecule has 178 valence electrons. The molecule has 34 heavy (non-hydrogen) atoms. The Morgan fingerprint density at radius 2 is 1.50 bits per heavy atom. The number of aromatic nitrogens is 2. The molecular weight excluding hydrogens is 442 g/mol. The minimum Gasteiger partial charge on any atom is -0.368 e. The summed E-state index contributed by atoms with van der Waals surface area (Å²) in [6, 6.07) is 14.8. The number of hydrogen-bond donors (Lipinski definition) is 1. The predicted octanol–water partition coefficient (Wildman–Crippen LogP) is 5.08. The van der Waals surface area contributed by atoms with Crippen molar-refractivity contribution in [1.82, 2.24) is 10.2 Å². The van der Waals surface area contributed by atoms with Crippen molar-refractivity contribution in [1.29, 1.82) is 0 Å². The number of piperazine rings is 1. The maximum Gasteiger partial charge on any atom is 0.234 e. The molecular formula is C27H33N5OS. The minimum atomic E-state index is -0.0338. The second-order valence-electron chi connectivity index (χ2n) is 9.10. The minimum absolute atomic E-state index is 0.0338. The van der Waals surface area contributed by atoms with Gasteiger partial charge in [-0.3, -0.25) is 4.79 Å². The number of nitrogens with zero attached hydrogens (tertiary/aromatic N) is 4. The number of nitrogens with one attached hydrogen (secondary N) is 1. The normalized spacial score (nSPS) is 13.8. The first-order valence-corrected chi connectivity index (χ1v) is 12.7. The van der Waals surface area contributed by atoms with Gasteiger partial charge in [-0.25, -0.2) is 0 Å². The van der Waals surface area contributed by atoms with Crippen molar-refractivity contribution in [2.45, 2.75) is 39.6 Å². The van der Waals surface area contributed by atoms with E-state index < -0.39 is 0 Å². The summed E-state index contributed by atoms with van der Waals surface area (Å²) in [5.41, 5.74) is 8.20. The van der Waals surface area contributed by atoms with Crippen LogP contribution in [0.1, 0.15) is 27.8 Å². The van der Waals surface area contributed by atoms with E-state index in [1.54, 1.807) is 0 Å². The van der Waals surface area contributed by atoms with E-state index in [0.717, 1.165) is 53.8 Å². The molecule has 0 bridgehead atoms. The first-order valence-electron chi connectivity index (χ1n) is 11.7. The van der Waals surface area contributed by atoms with E-state index in [-0.39, 0.29) is 5.91 Å². The molecule has 0 spiro atoms. The molecule has 0 atom stereocenters. The highest BCUT2D eigenvalue weighted by atomic mass is 32.2. The van der Waals surface area contributed by atoms with E-state index in [9.17, 15) is 4.79 Å². The van der Waals surface area contributed by atoms with Gasteiger partial charge in [0.2, 0.25) is 5.91 Å². The summed E-state index contributed by atoms with van der Waals surface area (Å²) in [6.07, 6.45) is 0. The zero-order valence-corrected chi connectivity index (χ0v) is 21.5. The molecule has 0 aliphatic carbocycles. The van der Waals surface area contributed by atoms with Crippen LogP contribution in [0.2, 0.25) is 0 Å². The van der Waals surface area contributed by atoms with Gasteiger partial charge >= 0.3 is 0 Å². The van der Waals surface area contributed by atoms with Crippen molar-refractivity contribution < 1.29 is 4.79 Å². The standard InChI is InChI=1S/C27H33N5OS/c1-18-6-7-20(3)23(16-18)31-10-12-32(13-11-31)24-8-9-26(30-29-24)34-17-25(33)28-27-21(4)14-19(2)15-22(27)5/h6-9,14-16H,10-13,17H2,1-5H3,(H,28,33). The van der Waals surface area contributed by atoms with Crippen LogP contribution in [0.3, 0.4) is 0 Å². The van der Waals surface area contributed by atoms with E-state index >= 15 is 0 Å². The van der Waals surface area contributed by atoms with Gasteiger partial charge in [-0.2, -0.15) is 0 Å². The van der Waals surface area contributed by atoms with Crippen molar-refractivity contribution in [2.24, 2.45) is 0 Å². The van der Waals surface area contributed by atoms with Gasteiger partial charge in [-0.1, -0.05) is 41.6 Å².